The van der Waals surface area contributed by atoms with Crippen LogP contribution in [-0.4, -0.2) is 58.4 Å². The summed E-state index contributed by atoms with van der Waals surface area (Å²) in [6.07, 6.45) is 0.516. The average Bonchev–Trinajstić information content (AvgIpc) is 2.86. The average molecular weight is 529 g/mol. The number of guanidine groups is 1. The number of aliphatic imine (C=N–C) groups is 1. The van der Waals surface area contributed by atoms with E-state index in [0.29, 0.717) is 6.42 Å². The number of rotatable bonds is 14. The van der Waals surface area contributed by atoms with E-state index in [-0.39, 0.29) is 37.3 Å². The third kappa shape index (κ3) is 9.39. The number of aromatic hydroxyl groups is 1. The van der Waals surface area contributed by atoms with Gasteiger partial charge in [0.2, 0.25) is 17.7 Å². The third-order valence-electron chi connectivity index (χ3n) is 5.56. The minimum atomic E-state index is -1.27. The fourth-order valence-electron chi connectivity index (χ4n) is 3.56. The van der Waals surface area contributed by atoms with Gasteiger partial charge in [-0.3, -0.25) is 29.5 Å². The van der Waals surface area contributed by atoms with Gasteiger partial charge in [0.15, 0.2) is 11.7 Å². The van der Waals surface area contributed by atoms with Gasteiger partial charge in [0, 0.05) is 25.5 Å². The molecule has 0 heterocycles. The van der Waals surface area contributed by atoms with Crippen LogP contribution in [0.3, 0.4) is 0 Å². The van der Waals surface area contributed by atoms with Crippen LogP contribution in [0.5, 0.6) is 5.75 Å². The van der Waals surface area contributed by atoms with E-state index in [0.717, 1.165) is 17.7 Å². The number of amides is 3. The minimum absolute atomic E-state index is 0.0951. The Kier molecular flexibility index (Phi) is 11.0. The number of benzene rings is 2. The molecule has 0 unspecified atom stereocenters. The van der Waals surface area contributed by atoms with Gasteiger partial charge in [-0.15, -0.1) is 0 Å². The summed E-state index contributed by atoms with van der Waals surface area (Å²) in [6.45, 7) is 0.254. The molecule has 204 valence electrons. The van der Waals surface area contributed by atoms with Gasteiger partial charge in [-0.2, -0.15) is 0 Å². The van der Waals surface area contributed by atoms with Crippen molar-refractivity contribution in [3.63, 3.8) is 0 Å². The highest BCUT2D eigenvalue weighted by Crippen LogP contribution is 2.26. The summed E-state index contributed by atoms with van der Waals surface area (Å²) in [5, 5.41) is 26.1. The van der Waals surface area contributed by atoms with Crippen molar-refractivity contribution in [1.82, 2.24) is 10.6 Å². The lowest BCUT2D eigenvalue weighted by molar-refractivity contribution is -0.385. The molecule has 0 aliphatic carbocycles. The zero-order valence-electron chi connectivity index (χ0n) is 20.6. The van der Waals surface area contributed by atoms with Gasteiger partial charge in [0.05, 0.1) is 11.0 Å². The lowest BCUT2D eigenvalue weighted by Crippen LogP contribution is -2.56. The molecule has 3 amide bonds. The fourth-order valence-corrected chi connectivity index (χ4v) is 3.56. The van der Waals surface area contributed by atoms with Crippen LogP contribution >= 0.6 is 0 Å². The summed E-state index contributed by atoms with van der Waals surface area (Å²) in [7, 11) is 0. The Balaban J connectivity index is 2.22. The molecule has 38 heavy (non-hydrogen) atoms. The van der Waals surface area contributed by atoms with Gasteiger partial charge in [0.25, 0.3) is 0 Å². The van der Waals surface area contributed by atoms with Crippen LogP contribution in [0.1, 0.15) is 24.0 Å². The standard InChI is InChI=1S/C24H32N8O6/c25-16(7-4-10-29-24(27)28)22(35)31-18(12-15-8-9-20(33)19(13-15)32(37)38)23(36)30-17(21(26)34)11-14-5-2-1-3-6-14/h1-3,5-6,8-9,13,16-18,33H,4,7,10-12,25H2,(H2,26,34)(H,30,36)(H,31,35)(H4,27,28,29)/t16-,17-,18-/m0/s1. The van der Waals surface area contributed by atoms with E-state index >= 15 is 0 Å². The van der Waals surface area contributed by atoms with Crippen molar-refractivity contribution in [2.24, 2.45) is 27.9 Å². The molecule has 2 aromatic carbocycles. The van der Waals surface area contributed by atoms with E-state index in [9.17, 15) is 29.6 Å². The molecule has 0 radical (unpaired) electrons. The Morgan fingerprint density at radius 3 is 2.18 bits per heavy atom. The first-order valence-electron chi connectivity index (χ1n) is 11.7. The lowest BCUT2D eigenvalue weighted by Gasteiger charge is -2.23. The highest BCUT2D eigenvalue weighted by molar-refractivity contribution is 5.93. The maximum atomic E-state index is 13.2. The van der Waals surface area contributed by atoms with Crippen molar-refractivity contribution in [2.45, 2.75) is 43.8 Å². The molecular formula is C24H32N8O6. The van der Waals surface area contributed by atoms with Gasteiger partial charge in [-0.1, -0.05) is 36.4 Å². The van der Waals surface area contributed by atoms with Crippen molar-refractivity contribution >= 4 is 29.4 Å². The number of nitro groups is 1. The Morgan fingerprint density at radius 2 is 1.58 bits per heavy atom. The fraction of sp³-hybridized carbons (Fsp3) is 0.333. The number of nitro benzene ring substituents is 1. The number of hydrogen-bond acceptors (Lipinski definition) is 8. The molecule has 2 rings (SSSR count). The van der Waals surface area contributed by atoms with Crippen molar-refractivity contribution in [3.05, 3.63) is 69.8 Å². The second-order valence-electron chi connectivity index (χ2n) is 8.55. The normalized spacial score (nSPS) is 13.0. The van der Waals surface area contributed by atoms with Crippen molar-refractivity contribution < 1.29 is 24.4 Å². The third-order valence-corrected chi connectivity index (χ3v) is 5.56. The van der Waals surface area contributed by atoms with Crippen molar-refractivity contribution in [1.29, 1.82) is 0 Å². The topological polar surface area (TPSA) is 255 Å². The number of carbonyl (C=O) groups excluding carboxylic acids is 3. The monoisotopic (exact) mass is 528 g/mol. The first-order valence-corrected chi connectivity index (χ1v) is 11.7. The quantitative estimate of drug-likeness (QED) is 0.0516. The minimum Gasteiger partial charge on any atom is -0.502 e. The molecule has 0 saturated carbocycles. The largest absolute Gasteiger partial charge is 0.502 e. The molecule has 2 aromatic rings. The summed E-state index contributed by atoms with van der Waals surface area (Å²) >= 11 is 0. The summed E-state index contributed by atoms with van der Waals surface area (Å²) in [6, 6.07) is 9.06. The number of carbonyl (C=O) groups is 3. The lowest BCUT2D eigenvalue weighted by atomic mass is 10.0. The second kappa shape index (κ2) is 14.1. The zero-order valence-corrected chi connectivity index (χ0v) is 20.6. The number of hydrogen-bond donors (Lipinski definition) is 7. The van der Waals surface area contributed by atoms with Crippen molar-refractivity contribution in [2.75, 3.05) is 6.54 Å². The SMILES string of the molecule is NC(=O)[C@H](Cc1ccccc1)NC(=O)[C@H](Cc1ccc(O)c([N+](=O)[O-])c1)NC(=O)[C@@H](N)CCCN=C(N)N. The van der Waals surface area contributed by atoms with E-state index in [1.165, 1.54) is 6.07 Å². The van der Waals surface area contributed by atoms with E-state index in [1.54, 1.807) is 30.3 Å². The molecule has 0 aliphatic rings. The Hall–Kier alpha value is -4.72. The van der Waals surface area contributed by atoms with E-state index in [2.05, 4.69) is 15.6 Å². The molecule has 0 spiro atoms. The van der Waals surface area contributed by atoms with E-state index in [4.69, 9.17) is 22.9 Å². The summed E-state index contributed by atoms with van der Waals surface area (Å²) < 4.78 is 0. The first-order chi connectivity index (χ1) is 18.0. The van der Waals surface area contributed by atoms with Gasteiger partial charge >= 0.3 is 5.69 Å². The van der Waals surface area contributed by atoms with Crippen LogP contribution in [0.2, 0.25) is 0 Å². The maximum Gasteiger partial charge on any atom is 0.310 e. The molecule has 0 saturated heterocycles. The van der Waals surface area contributed by atoms with Crippen LogP contribution in [0, 0.1) is 10.1 Å². The Morgan fingerprint density at radius 1 is 0.947 bits per heavy atom. The van der Waals surface area contributed by atoms with Gasteiger partial charge in [0.1, 0.15) is 12.1 Å². The smallest absolute Gasteiger partial charge is 0.310 e. The molecule has 0 bridgehead atoms. The number of phenolic OH excluding ortho intramolecular Hbond substituents is 1. The zero-order chi connectivity index (χ0) is 28.2. The number of nitrogens with zero attached hydrogens (tertiary/aromatic N) is 2. The van der Waals surface area contributed by atoms with E-state index < -0.39 is 52.2 Å². The summed E-state index contributed by atoms with van der Waals surface area (Å²) in [4.78, 5) is 52.3. The maximum absolute atomic E-state index is 13.2. The summed E-state index contributed by atoms with van der Waals surface area (Å²) in [5.74, 6) is -2.85. The molecule has 0 fully saturated rings. The van der Waals surface area contributed by atoms with Crippen LogP contribution < -0.4 is 33.6 Å². The predicted molar refractivity (Wildman–Crippen MR) is 140 cm³/mol. The highest BCUT2D eigenvalue weighted by Gasteiger charge is 2.28. The first kappa shape index (κ1) is 29.5. The molecular weight excluding hydrogens is 496 g/mol. The Labute approximate surface area is 218 Å². The number of phenols is 1. The molecule has 3 atom stereocenters. The van der Waals surface area contributed by atoms with Crippen LogP contribution in [0.15, 0.2) is 53.5 Å². The van der Waals surface area contributed by atoms with Gasteiger partial charge < -0.3 is 38.7 Å². The van der Waals surface area contributed by atoms with Gasteiger partial charge in [-0.05, 0) is 30.0 Å². The molecule has 0 aromatic heterocycles. The summed E-state index contributed by atoms with van der Waals surface area (Å²) in [5.41, 5.74) is 22.5. The molecule has 14 heteroatoms. The number of nitrogens with two attached hydrogens (primary N) is 4. The molecule has 0 aliphatic heterocycles. The Bertz CT molecular complexity index is 1170. The van der Waals surface area contributed by atoms with Crippen LogP contribution in [0.4, 0.5) is 5.69 Å². The van der Waals surface area contributed by atoms with Crippen molar-refractivity contribution in [3.8, 4) is 5.75 Å². The molecule has 11 N–H and O–H groups in total. The van der Waals surface area contributed by atoms with Gasteiger partial charge in [-0.25, -0.2) is 0 Å². The van der Waals surface area contributed by atoms with Crippen LogP contribution in [-0.2, 0) is 27.2 Å². The second-order valence-corrected chi connectivity index (χ2v) is 8.55. The number of nitrogens with one attached hydrogen (secondary N) is 2. The van der Waals surface area contributed by atoms with Crippen LogP contribution in [0.25, 0.3) is 0 Å². The van der Waals surface area contributed by atoms with E-state index in [1.807, 2.05) is 0 Å². The number of primary amides is 1. The highest BCUT2D eigenvalue weighted by atomic mass is 16.6. The molecule has 14 nitrogen and oxygen atoms in total. The predicted octanol–water partition coefficient (Wildman–Crippen LogP) is -1.08.